The topological polar surface area (TPSA) is 135 Å². The number of carbonyl (C=O) groups is 3. The molecule has 2 aliphatic heterocycles. The average Bonchev–Trinajstić information content (AvgIpc) is 3.79. The number of halogens is 2. The van der Waals surface area contributed by atoms with Crippen molar-refractivity contribution < 1.29 is 33.0 Å². The van der Waals surface area contributed by atoms with Gasteiger partial charge in [0, 0.05) is 62.4 Å². The van der Waals surface area contributed by atoms with Gasteiger partial charge in [-0.2, -0.15) is 0 Å². The fraction of sp³-hybridized carbons (Fsp3) is 0.406. The van der Waals surface area contributed by atoms with Gasteiger partial charge in [-0.25, -0.2) is 19.2 Å². The normalized spacial score (nSPS) is 18.6. The molecule has 1 saturated carbocycles. The van der Waals surface area contributed by atoms with Gasteiger partial charge in [-0.3, -0.25) is 14.5 Å². The van der Waals surface area contributed by atoms with E-state index in [4.69, 9.17) is 25.8 Å². The molecule has 6 rings (SSSR count). The third-order valence-electron chi connectivity index (χ3n) is 8.00. The monoisotopic (exact) mass is 652 g/mol. The van der Waals surface area contributed by atoms with Crippen LogP contribution in [0.2, 0.25) is 5.02 Å². The first kappa shape index (κ1) is 31.6. The number of esters is 1. The molecule has 1 aliphatic carbocycles. The summed E-state index contributed by atoms with van der Waals surface area (Å²) in [4.78, 5) is 49.6. The number of hydrogen-bond donors (Lipinski definition) is 2. The van der Waals surface area contributed by atoms with Crippen molar-refractivity contribution in [3.8, 4) is 5.75 Å². The zero-order valence-corrected chi connectivity index (χ0v) is 25.8. The van der Waals surface area contributed by atoms with Crippen LogP contribution in [0, 0.1) is 11.7 Å². The van der Waals surface area contributed by atoms with Crippen LogP contribution < -0.4 is 15.4 Å². The molecule has 0 spiro atoms. The predicted octanol–water partition coefficient (Wildman–Crippen LogP) is 3.93. The van der Waals surface area contributed by atoms with Crippen molar-refractivity contribution in [1.29, 1.82) is 0 Å². The smallest absolute Gasteiger partial charge is 0.335 e. The van der Waals surface area contributed by atoms with Crippen molar-refractivity contribution in [3.05, 3.63) is 59.7 Å². The number of piperazine rings is 1. The molecule has 2 N–H and O–H groups in total. The molecule has 0 radical (unpaired) electrons. The van der Waals surface area contributed by atoms with Crippen LogP contribution in [0.15, 0.2) is 48.8 Å². The van der Waals surface area contributed by atoms with E-state index in [1.54, 1.807) is 29.2 Å². The van der Waals surface area contributed by atoms with Gasteiger partial charge in [-0.15, -0.1) is 0 Å². The van der Waals surface area contributed by atoms with Crippen LogP contribution in [0.5, 0.6) is 5.75 Å². The summed E-state index contributed by atoms with van der Waals surface area (Å²) in [5.41, 5.74) is 1.62. The Labute approximate surface area is 269 Å². The minimum atomic E-state index is -0.662. The van der Waals surface area contributed by atoms with Gasteiger partial charge in [-0.05, 0) is 43.0 Å². The Morgan fingerprint density at radius 3 is 2.67 bits per heavy atom. The number of amides is 2. The van der Waals surface area contributed by atoms with E-state index in [1.807, 2.05) is 0 Å². The van der Waals surface area contributed by atoms with E-state index in [2.05, 4.69) is 25.5 Å². The van der Waals surface area contributed by atoms with E-state index in [0.717, 1.165) is 12.8 Å². The van der Waals surface area contributed by atoms with E-state index < -0.39 is 17.9 Å². The summed E-state index contributed by atoms with van der Waals surface area (Å²) < 4.78 is 30.1. The molecular weight excluding hydrogens is 619 g/mol. The number of carbonyl (C=O) groups excluding carboxylic acids is 3. The van der Waals surface area contributed by atoms with Gasteiger partial charge in [0.2, 0.25) is 11.8 Å². The number of anilines is 3. The maximum atomic E-state index is 13.7. The quantitative estimate of drug-likeness (QED) is 0.219. The highest BCUT2D eigenvalue weighted by atomic mass is 35.5. The minimum Gasteiger partial charge on any atom is -0.491 e. The number of aromatic nitrogens is 2. The summed E-state index contributed by atoms with van der Waals surface area (Å²) in [5.74, 6) is 0.0310. The third kappa shape index (κ3) is 8.08. The molecule has 46 heavy (non-hydrogen) atoms. The van der Waals surface area contributed by atoms with Crippen LogP contribution in [-0.2, 0) is 23.9 Å². The molecular formula is C32H34ClFN6O6. The Kier molecular flexibility index (Phi) is 9.91. The first-order valence-electron chi connectivity index (χ1n) is 15.2. The molecule has 0 bridgehead atoms. The number of fused-ring (bicyclic) bond motifs is 1. The van der Waals surface area contributed by atoms with E-state index in [0.29, 0.717) is 92.1 Å². The summed E-state index contributed by atoms with van der Waals surface area (Å²) in [6, 6.07) is 7.81. The highest BCUT2D eigenvalue weighted by Crippen LogP contribution is 2.36. The average molecular weight is 653 g/mol. The Hall–Kier alpha value is -4.33. The number of ether oxygens (including phenoxy) is 3. The molecule has 242 valence electrons. The zero-order chi connectivity index (χ0) is 32.0. The number of nitrogens with one attached hydrogen (secondary N) is 2. The summed E-state index contributed by atoms with van der Waals surface area (Å²) in [7, 11) is 0. The Morgan fingerprint density at radius 1 is 1.11 bits per heavy atom. The van der Waals surface area contributed by atoms with Crippen LogP contribution in [0.4, 0.5) is 21.6 Å². The second kappa shape index (κ2) is 14.4. The number of rotatable bonds is 12. The number of hydrogen-bond acceptors (Lipinski definition) is 10. The first-order valence-corrected chi connectivity index (χ1v) is 15.6. The molecule has 3 fully saturated rings. The standard InChI is InChI=1S/C32H34ClFN6O6/c33-23-14-21(5-6-24(23)34)37-31-22-15-26(28(45-17-20-3-4-20)16-25(22)35-19-36-31)38-29(41)2-1-8-39-9-11-40(12-10-39)30(42)18-46-27-7-13-44-32(27)43/h1-2,5-6,14-16,19-20,27H,3-4,7-13,17-18H2,(H,38,41)(H,35,36,37)/b2-1+. The molecule has 1 atom stereocenters. The number of benzene rings is 2. The Bertz CT molecular complexity index is 1640. The first-order chi connectivity index (χ1) is 22.3. The summed E-state index contributed by atoms with van der Waals surface area (Å²) >= 11 is 5.96. The van der Waals surface area contributed by atoms with Crippen molar-refractivity contribution >= 4 is 57.5 Å². The summed E-state index contributed by atoms with van der Waals surface area (Å²) in [6.45, 7) is 3.58. The predicted molar refractivity (Wildman–Crippen MR) is 169 cm³/mol. The largest absolute Gasteiger partial charge is 0.491 e. The van der Waals surface area contributed by atoms with Crippen molar-refractivity contribution in [2.45, 2.75) is 25.4 Å². The molecule has 12 nitrogen and oxygen atoms in total. The van der Waals surface area contributed by atoms with Crippen LogP contribution in [0.3, 0.4) is 0 Å². The Morgan fingerprint density at radius 2 is 1.93 bits per heavy atom. The van der Waals surface area contributed by atoms with Gasteiger partial charge in [0.05, 0.1) is 29.4 Å². The number of nitrogens with zero attached hydrogens (tertiary/aromatic N) is 4. The van der Waals surface area contributed by atoms with Gasteiger partial charge in [0.25, 0.3) is 0 Å². The molecule has 14 heteroatoms. The molecule has 3 aliphatic rings. The second-order valence-electron chi connectivity index (χ2n) is 11.4. The van der Waals surface area contributed by atoms with Gasteiger partial charge in [-0.1, -0.05) is 17.7 Å². The van der Waals surface area contributed by atoms with Gasteiger partial charge >= 0.3 is 5.97 Å². The SMILES string of the molecule is O=C(/C=C/CN1CCN(C(=O)COC2CCOC2=O)CC1)Nc1cc2c(Nc3ccc(F)c(Cl)c3)ncnc2cc1OCC1CC1. The van der Waals surface area contributed by atoms with Crippen molar-refractivity contribution in [1.82, 2.24) is 19.8 Å². The molecule has 1 aromatic heterocycles. The van der Waals surface area contributed by atoms with E-state index in [-0.39, 0.29) is 23.4 Å². The van der Waals surface area contributed by atoms with Gasteiger partial charge in [0.15, 0.2) is 6.10 Å². The van der Waals surface area contributed by atoms with E-state index >= 15 is 0 Å². The van der Waals surface area contributed by atoms with Crippen molar-refractivity contribution in [2.75, 3.05) is 63.2 Å². The lowest BCUT2D eigenvalue weighted by molar-refractivity contribution is -0.151. The molecule has 1 unspecified atom stereocenters. The summed E-state index contributed by atoms with van der Waals surface area (Å²) in [6.07, 6.45) is 6.70. The third-order valence-corrected chi connectivity index (χ3v) is 8.29. The minimum absolute atomic E-state index is 0.0203. The maximum Gasteiger partial charge on any atom is 0.335 e. The second-order valence-corrected chi connectivity index (χ2v) is 11.8. The molecule has 2 saturated heterocycles. The zero-order valence-electron chi connectivity index (χ0n) is 25.0. The lowest BCUT2D eigenvalue weighted by atomic mass is 10.1. The highest BCUT2D eigenvalue weighted by Gasteiger charge is 2.29. The lowest BCUT2D eigenvalue weighted by Crippen LogP contribution is -2.49. The molecule has 3 heterocycles. The molecule has 3 aromatic rings. The molecule has 2 amide bonds. The van der Waals surface area contributed by atoms with Crippen molar-refractivity contribution in [2.24, 2.45) is 5.92 Å². The van der Waals surface area contributed by atoms with Crippen LogP contribution in [0.1, 0.15) is 19.3 Å². The number of cyclic esters (lactones) is 1. The Balaban J connectivity index is 1.06. The van der Waals surface area contributed by atoms with E-state index in [9.17, 15) is 18.8 Å². The van der Waals surface area contributed by atoms with Crippen LogP contribution in [-0.4, -0.2) is 96.2 Å². The van der Waals surface area contributed by atoms with Crippen LogP contribution in [0.25, 0.3) is 10.9 Å². The van der Waals surface area contributed by atoms with Gasteiger partial charge < -0.3 is 29.7 Å². The fourth-order valence-electron chi connectivity index (χ4n) is 5.16. The lowest BCUT2D eigenvalue weighted by Gasteiger charge is -2.34. The van der Waals surface area contributed by atoms with Gasteiger partial charge in [0.1, 0.15) is 30.3 Å². The fourth-order valence-corrected chi connectivity index (χ4v) is 5.34. The highest BCUT2D eigenvalue weighted by molar-refractivity contribution is 6.31. The summed E-state index contributed by atoms with van der Waals surface area (Å²) in [5, 5.41) is 6.69. The molecule has 2 aromatic carbocycles. The maximum absolute atomic E-state index is 13.7. The van der Waals surface area contributed by atoms with Crippen LogP contribution >= 0.6 is 11.6 Å². The van der Waals surface area contributed by atoms with Crippen molar-refractivity contribution in [3.63, 3.8) is 0 Å². The van der Waals surface area contributed by atoms with E-state index in [1.165, 1.54) is 24.5 Å².